The number of aromatic nitrogens is 1. The predicted octanol–water partition coefficient (Wildman–Crippen LogP) is 2.57. The topological polar surface area (TPSA) is 87.6 Å². The normalized spacial score (nSPS) is 10.2. The molecule has 21 heavy (non-hydrogen) atoms. The predicted molar refractivity (Wildman–Crippen MR) is 79.4 cm³/mol. The van der Waals surface area contributed by atoms with Crippen LogP contribution in [0.5, 0.6) is 0 Å². The Bertz CT molecular complexity index is 729. The molecule has 0 radical (unpaired) electrons. The van der Waals surface area contributed by atoms with Crippen LogP contribution in [0.4, 0.5) is 5.13 Å². The minimum atomic E-state index is -1.14. The number of hydrogen-bond donors (Lipinski definition) is 1. The summed E-state index contributed by atoms with van der Waals surface area (Å²) in [6.45, 7) is 0. The van der Waals surface area contributed by atoms with Crippen molar-refractivity contribution in [3.8, 4) is 10.4 Å². The number of nitrogens with zero attached hydrogens (tertiary/aromatic N) is 2. The summed E-state index contributed by atoms with van der Waals surface area (Å²) in [5.41, 5.74) is 0.361. The number of rotatable bonds is 5. The summed E-state index contributed by atoms with van der Waals surface area (Å²) in [5.74, 6) is -1.14. The first-order valence-electron chi connectivity index (χ1n) is 5.65. The van der Waals surface area contributed by atoms with Crippen molar-refractivity contribution in [1.29, 1.82) is 0 Å². The van der Waals surface area contributed by atoms with E-state index in [-0.39, 0.29) is 11.3 Å². The fourth-order valence-electron chi connectivity index (χ4n) is 1.68. The van der Waals surface area contributed by atoms with Gasteiger partial charge in [0.15, 0.2) is 11.4 Å². The van der Waals surface area contributed by atoms with Gasteiger partial charge in [-0.05, 0) is 18.2 Å². The highest BCUT2D eigenvalue weighted by Gasteiger charge is 2.20. The van der Waals surface area contributed by atoms with Crippen LogP contribution in [0, 0.1) is 0 Å². The van der Waals surface area contributed by atoms with Crippen molar-refractivity contribution < 1.29 is 19.5 Å². The van der Waals surface area contributed by atoms with Crippen molar-refractivity contribution in [3.05, 3.63) is 34.5 Å². The molecule has 0 aliphatic heterocycles. The zero-order valence-corrected chi connectivity index (χ0v) is 12.3. The van der Waals surface area contributed by atoms with Gasteiger partial charge >= 0.3 is 5.97 Å². The second kappa shape index (κ2) is 6.02. The average molecular weight is 325 g/mol. The van der Waals surface area contributed by atoms with E-state index in [0.29, 0.717) is 33.3 Å². The number of thiazole rings is 1. The van der Waals surface area contributed by atoms with E-state index in [1.807, 2.05) is 0 Å². The number of carbonyl (C=O) groups is 3. The number of hydrogen-bond acceptors (Lipinski definition) is 5. The first kappa shape index (κ1) is 15.1. The number of carbonyl (C=O) groups excluding carboxylic acids is 2. The Labute approximate surface area is 128 Å². The summed E-state index contributed by atoms with van der Waals surface area (Å²) in [6.07, 6.45) is 1.06. The van der Waals surface area contributed by atoms with Gasteiger partial charge in [0.25, 0.3) is 0 Å². The van der Waals surface area contributed by atoms with Gasteiger partial charge in [-0.3, -0.25) is 14.5 Å². The van der Waals surface area contributed by atoms with E-state index in [2.05, 4.69) is 4.98 Å². The van der Waals surface area contributed by atoms with E-state index in [1.165, 1.54) is 30.1 Å². The van der Waals surface area contributed by atoms with E-state index in [4.69, 9.17) is 11.6 Å². The van der Waals surface area contributed by atoms with Gasteiger partial charge in [0, 0.05) is 17.6 Å². The van der Waals surface area contributed by atoms with Crippen molar-refractivity contribution in [1.82, 2.24) is 4.98 Å². The molecule has 1 amide bonds. The fourth-order valence-corrected chi connectivity index (χ4v) is 2.84. The minimum Gasteiger partial charge on any atom is -0.478 e. The lowest BCUT2D eigenvalue weighted by Crippen LogP contribution is -2.13. The Morgan fingerprint density at radius 2 is 2.14 bits per heavy atom. The molecule has 1 aromatic heterocycles. The Hall–Kier alpha value is -2.25. The third-order valence-corrected chi connectivity index (χ3v) is 4.10. The Kier molecular flexibility index (Phi) is 4.35. The highest BCUT2D eigenvalue weighted by molar-refractivity contribution is 7.19. The lowest BCUT2D eigenvalue weighted by molar-refractivity contribution is -0.107. The van der Waals surface area contributed by atoms with Crippen LogP contribution in [0.15, 0.2) is 18.2 Å². The maximum Gasteiger partial charge on any atom is 0.336 e. The zero-order chi connectivity index (χ0) is 15.6. The first-order valence-corrected chi connectivity index (χ1v) is 6.84. The second-order valence-electron chi connectivity index (χ2n) is 4.04. The molecule has 0 spiro atoms. The maximum atomic E-state index is 11.3. The summed E-state index contributed by atoms with van der Waals surface area (Å²) in [5, 5.41) is 9.86. The van der Waals surface area contributed by atoms with Crippen LogP contribution in [0.2, 0.25) is 5.02 Å². The molecule has 1 aromatic carbocycles. The molecule has 0 aliphatic rings. The lowest BCUT2D eigenvalue weighted by atomic mass is 10.1. The zero-order valence-electron chi connectivity index (χ0n) is 10.7. The number of amides is 1. The molecule has 0 atom stereocenters. The van der Waals surface area contributed by atoms with Crippen molar-refractivity contribution in [2.24, 2.45) is 0 Å². The molecule has 0 aliphatic carbocycles. The number of halogens is 1. The molecule has 0 saturated heterocycles. The Balaban J connectivity index is 2.68. The van der Waals surface area contributed by atoms with Gasteiger partial charge in [0.05, 0.1) is 10.4 Å². The van der Waals surface area contributed by atoms with Gasteiger partial charge in [0.1, 0.15) is 5.69 Å². The molecular weight excluding hydrogens is 316 g/mol. The standard InChI is InChI=1S/C13H9ClN2O4S/c1-16(6-18)13-15-10(5-17)11(21-13)9-4-7(14)2-3-8(9)12(19)20/h2-6H,1H3,(H,19,20). The summed E-state index contributed by atoms with van der Waals surface area (Å²) in [4.78, 5) is 38.8. The molecule has 108 valence electrons. The number of aromatic carboxylic acids is 1. The van der Waals surface area contributed by atoms with Gasteiger partial charge in [-0.25, -0.2) is 9.78 Å². The molecule has 0 unspecified atom stereocenters. The van der Waals surface area contributed by atoms with Gasteiger partial charge in [-0.2, -0.15) is 0 Å². The molecule has 0 bridgehead atoms. The molecule has 8 heteroatoms. The summed E-state index contributed by atoms with van der Waals surface area (Å²) < 4.78 is 0. The number of benzene rings is 1. The first-order chi connectivity index (χ1) is 9.97. The van der Waals surface area contributed by atoms with Gasteiger partial charge < -0.3 is 5.11 Å². The van der Waals surface area contributed by atoms with Gasteiger partial charge in [-0.1, -0.05) is 22.9 Å². The van der Waals surface area contributed by atoms with Crippen LogP contribution in [-0.2, 0) is 4.79 Å². The fraction of sp³-hybridized carbons (Fsp3) is 0.0769. The van der Waals surface area contributed by atoms with Crippen LogP contribution in [-0.4, -0.2) is 35.8 Å². The van der Waals surface area contributed by atoms with E-state index in [9.17, 15) is 19.5 Å². The van der Waals surface area contributed by atoms with Gasteiger partial charge in [0.2, 0.25) is 6.41 Å². The van der Waals surface area contributed by atoms with Crippen molar-refractivity contribution in [3.63, 3.8) is 0 Å². The van der Waals surface area contributed by atoms with Crippen molar-refractivity contribution in [2.75, 3.05) is 11.9 Å². The summed E-state index contributed by atoms with van der Waals surface area (Å²) in [6, 6.07) is 4.27. The number of aldehydes is 1. The van der Waals surface area contributed by atoms with E-state index < -0.39 is 5.97 Å². The molecule has 0 fully saturated rings. The average Bonchev–Trinajstić information content (AvgIpc) is 2.90. The summed E-state index contributed by atoms with van der Waals surface area (Å²) >= 11 is 6.94. The number of carboxylic acid groups (broad SMARTS) is 1. The molecule has 0 saturated carbocycles. The number of anilines is 1. The molecule has 2 rings (SSSR count). The lowest BCUT2D eigenvalue weighted by Gasteiger charge is -2.05. The molecule has 2 aromatic rings. The number of carboxylic acids is 1. The van der Waals surface area contributed by atoms with Crippen molar-refractivity contribution in [2.45, 2.75) is 0 Å². The monoisotopic (exact) mass is 324 g/mol. The minimum absolute atomic E-state index is 0.00598. The van der Waals surface area contributed by atoms with E-state index in [0.717, 1.165) is 11.3 Å². The van der Waals surface area contributed by atoms with Crippen LogP contribution in [0.1, 0.15) is 20.8 Å². The van der Waals surface area contributed by atoms with Crippen LogP contribution < -0.4 is 4.90 Å². The maximum absolute atomic E-state index is 11.3. The van der Waals surface area contributed by atoms with Crippen LogP contribution >= 0.6 is 22.9 Å². The third-order valence-electron chi connectivity index (χ3n) is 2.67. The molecule has 6 nitrogen and oxygen atoms in total. The smallest absolute Gasteiger partial charge is 0.336 e. The second-order valence-corrected chi connectivity index (χ2v) is 5.45. The van der Waals surface area contributed by atoms with E-state index in [1.54, 1.807) is 0 Å². The Morgan fingerprint density at radius 3 is 2.71 bits per heavy atom. The molecular formula is C13H9ClN2O4S. The molecule has 1 N–H and O–H groups in total. The van der Waals surface area contributed by atoms with Crippen molar-refractivity contribution >= 4 is 46.7 Å². The van der Waals surface area contributed by atoms with Gasteiger partial charge in [-0.15, -0.1) is 0 Å². The SMILES string of the molecule is CN(C=O)c1nc(C=O)c(-c2cc(Cl)ccc2C(=O)O)s1. The van der Waals surface area contributed by atoms with E-state index >= 15 is 0 Å². The highest BCUT2D eigenvalue weighted by Crippen LogP contribution is 2.36. The molecule has 1 heterocycles. The summed E-state index contributed by atoms with van der Waals surface area (Å²) in [7, 11) is 1.49. The third kappa shape index (κ3) is 2.93. The van der Waals surface area contributed by atoms with Crippen LogP contribution in [0.25, 0.3) is 10.4 Å². The van der Waals surface area contributed by atoms with Crippen LogP contribution in [0.3, 0.4) is 0 Å². The Morgan fingerprint density at radius 1 is 1.43 bits per heavy atom. The highest BCUT2D eigenvalue weighted by atomic mass is 35.5. The quantitative estimate of drug-likeness (QED) is 0.854. The largest absolute Gasteiger partial charge is 0.478 e.